The predicted molar refractivity (Wildman–Crippen MR) is 79.5 cm³/mol. The van der Waals surface area contributed by atoms with Crippen molar-refractivity contribution >= 4 is 11.9 Å². The Hall–Kier alpha value is -2.04. The van der Waals surface area contributed by atoms with Crippen LogP contribution >= 0.6 is 0 Å². The van der Waals surface area contributed by atoms with Gasteiger partial charge in [0, 0.05) is 20.6 Å². The summed E-state index contributed by atoms with van der Waals surface area (Å²) in [4.78, 5) is 24.6. The van der Waals surface area contributed by atoms with Crippen LogP contribution in [0.2, 0.25) is 0 Å². The topological polar surface area (TPSA) is 61.4 Å². The summed E-state index contributed by atoms with van der Waals surface area (Å²) in [5.74, 6) is -0.121. The minimum atomic E-state index is -0.515. The maximum Gasteiger partial charge on any atom is 0.315 e. The third kappa shape index (κ3) is 5.73. The van der Waals surface area contributed by atoms with Crippen molar-refractivity contribution in [1.82, 2.24) is 15.5 Å². The molecular weight excluding hydrogens is 254 g/mol. The van der Waals surface area contributed by atoms with Gasteiger partial charge in [-0.05, 0) is 25.3 Å². The molecule has 0 aliphatic rings. The van der Waals surface area contributed by atoms with Crippen molar-refractivity contribution in [2.45, 2.75) is 25.8 Å². The van der Waals surface area contributed by atoms with E-state index in [2.05, 4.69) is 22.8 Å². The fourth-order valence-electron chi connectivity index (χ4n) is 1.84. The number of likely N-dealkylation sites (N-methyl/N-ethyl adjacent to an activating group) is 1. The lowest BCUT2D eigenvalue weighted by Gasteiger charge is -2.18. The van der Waals surface area contributed by atoms with Gasteiger partial charge in [-0.1, -0.05) is 30.3 Å². The molecule has 0 saturated carbocycles. The molecule has 0 fully saturated rings. The molecule has 0 radical (unpaired) electrons. The number of rotatable bonds is 6. The van der Waals surface area contributed by atoms with Gasteiger partial charge in [-0.25, -0.2) is 4.79 Å². The average Bonchev–Trinajstić information content (AvgIpc) is 2.43. The molecule has 2 N–H and O–H groups in total. The Balaban J connectivity index is 2.19. The highest BCUT2D eigenvalue weighted by atomic mass is 16.2. The van der Waals surface area contributed by atoms with Crippen LogP contribution < -0.4 is 10.6 Å². The summed E-state index contributed by atoms with van der Waals surface area (Å²) in [5.41, 5.74) is 1.26. The zero-order valence-electron chi connectivity index (χ0n) is 12.3. The second-order valence-corrected chi connectivity index (χ2v) is 4.94. The Morgan fingerprint density at radius 3 is 2.45 bits per heavy atom. The van der Waals surface area contributed by atoms with Crippen LogP contribution in [-0.2, 0) is 11.2 Å². The van der Waals surface area contributed by atoms with Gasteiger partial charge in [0.1, 0.15) is 6.04 Å². The molecule has 0 aliphatic carbocycles. The van der Waals surface area contributed by atoms with Gasteiger partial charge in [0.25, 0.3) is 0 Å². The number of amides is 3. The zero-order chi connectivity index (χ0) is 15.0. The lowest BCUT2D eigenvalue weighted by atomic mass is 10.1. The number of urea groups is 1. The third-order valence-electron chi connectivity index (χ3n) is 2.93. The largest absolute Gasteiger partial charge is 0.347 e. The molecule has 0 aromatic heterocycles. The summed E-state index contributed by atoms with van der Waals surface area (Å²) in [6.07, 6.45) is 1.79. The zero-order valence-corrected chi connectivity index (χ0v) is 12.3. The van der Waals surface area contributed by atoms with E-state index in [1.54, 1.807) is 21.0 Å². The Morgan fingerprint density at radius 2 is 1.85 bits per heavy atom. The van der Waals surface area contributed by atoms with E-state index in [9.17, 15) is 9.59 Å². The number of nitrogens with zero attached hydrogens (tertiary/aromatic N) is 1. The van der Waals surface area contributed by atoms with Crippen molar-refractivity contribution < 1.29 is 9.59 Å². The van der Waals surface area contributed by atoms with Crippen molar-refractivity contribution in [1.29, 1.82) is 0 Å². The Kier molecular flexibility index (Phi) is 6.56. The number of benzene rings is 1. The standard InChI is InChI=1S/C15H23N3O2/c1-12(14(19)18(2)3)17-15(20)16-11-7-10-13-8-5-4-6-9-13/h4-6,8-9,12H,7,10-11H2,1-3H3,(H2,16,17,20). The van der Waals surface area contributed by atoms with E-state index in [1.165, 1.54) is 10.5 Å². The molecule has 1 aromatic rings. The summed E-state index contributed by atoms with van der Waals surface area (Å²) >= 11 is 0. The highest BCUT2D eigenvalue weighted by Crippen LogP contribution is 2.01. The molecule has 5 nitrogen and oxygen atoms in total. The van der Waals surface area contributed by atoms with Crippen LogP contribution in [0.4, 0.5) is 4.79 Å². The first-order valence-corrected chi connectivity index (χ1v) is 6.80. The number of aryl methyl sites for hydroxylation is 1. The van der Waals surface area contributed by atoms with E-state index < -0.39 is 6.04 Å². The molecule has 1 unspecified atom stereocenters. The Bertz CT molecular complexity index is 432. The summed E-state index contributed by atoms with van der Waals surface area (Å²) in [6.45, 7) is 2.26. The van der Waals surface area contributed by atoms with Gasteiger partial charge in [-0.2, -0.15) is 0 Å². The van der Waals surface area contributed by atoms with Gasteiger partial charge < -0.3 is 15.5 Å². The molecule has 20 heavy (non-hydrogen) atoms. The molecule has 1 aromatic carbocycles. The minimum absolute atomic E-state index is 0.121. The van der Waals surface area contributed by atoms with Crippen LogP contribution in [-0.4, -0.2) is 43.5 Å². The first-order valence-electron chi connectivity index (χ1n) is 6.80. The maximum atomic E-state index is 11.6. The lowest BCUT2D eigenvalue weighted by Crippen LogP contribution is -2.48. The van der Waals surface area contributed by atoms with Gasteiger partial charge in [-0.3, -0.25) is 4.79 Å². The van der Waals surface area contributed by atoms with Crippen LogP contribution in [0.25, 0.3) is 0 Å². The van der Waals surface area contributed by atoms with Gasteiger partial charge >= 0.3 is 6.03 Å². The van der Waals surface area contributed by atoms with Gasteiger partial charge in [0.2, 0.25) is 5.91 Å². The van der Waals surface area contributed by atoms with Crippen molar-refractivity contribution in [3.63, 3.8) is 0 Å². The quantitative estimate of drug-likeness (QED) is 0.772. The van der Waals surface area contributed by atoms with Crippen molar-refractivity contribution in [2.75, 3.05) is 20.6 Å². The predicted octanol–water partition coefficient (Wildman–Crippen LogP) is 1.40. The van der Waals surface area contributed by atoms with Crippen molar-refractivity contribution in [3.8, 4) is 0 Å². The molecule has 0 heterocycles. The monoisotopic (exact) mass is 277 g/mol. The van der Waals surface area contributed by atoms with Crippen LogP contribution in [0, 0.1) is 0 Å². The minimum Gasteiger partial charge on any atom is -0.347 e. The molecule has 0 saturated heterocycles. The lowest BCUT2D eigenvalue weighted by molar-refractivity contribution is -0.130. The average molecular weight is 277 g/mol. The summed E-state index contributed by atoms with van der Waals surface area (Å²) < 4.78 is 0. The first-order chi connectivity index (χ1) is 9.50. The fourth-order valence-corrected chi connectivity index (χ4v) is 1.84. The number of carbonyl (C=O) groups is 2. The second kappa shape index (κ2) is 8.19. The summed E-state index contributed by atoms with van der Waals surface area (Å²) in [5, 5.41) is 5.38. The first kappa shape index (κ1) is 16.0. The molecule has 0 bridgehead atoms. The number of hydrogen-bond acceptors (Lipinski definition) is 2. The van der Waals surface area contributed by atoms with E-state index >= 15 is 0 Å². The number of carbonyl (C=O) groups excluding carboxylic acids is 2. The smallest absolute Gasteiger partial charge is 0.315 e. The second-order valence-electron chi connectivity index (χ2n) is 4.94. The van der Waals surface area contributed by atoms with Crippen molar-refractivity contribution in [2.24, 2.45) is 0 Å². The van der Waals surface area contributed by atoms with Gasteiger partial charge in [-0.15, -0.1) is 0 Å². The van der Waals surface area contributed by atoms with Crippen LogP contribution in [0.15, 0.2) is 30.3 Å². The van der Waals surface area contributed by atoms with Crippen molar-refractivity contribution in [3.05, 3.63) is 35.9 Å². The van der Waals surface area contributed by atoms with E-state index in [1.807, 2.05) is 18.2 Å². The molecule has 1 atom stereocenters. The van der Waals surface area contributed by atoms with E-state index in [0.29, 0.717) is 6.54 Å². The summed E-state index contributed by atoms with van der Waals surface area (Å²) in [6, 6.07) is 9.31. The molecule has 110 valence electrons. The van der Waals surface area contributed by atoms with E-state index in [4.69, 9.17) is 0 Å². The van der Waals surface area contributed by atoms with E-state index in [0.717, 1.165) is 12.8 Å². The third-order valence-corrected chi connectivity index (χ3v) is 2.93. The molecule has 0 aliphatic heterocycles. The number of nitrogens with one attached hydrogen (secondary N) is 2. The number of hydrogen-bond donors (Lipinski definition) is 2. The van der Waals surface area contributed by atoms with Crippen LogP contribution in [0.3, 0.4) is 0 Å². The highest BCUT2D eigenvalue weighted by Gasteiger charge is 2.16. The Labute approximate surface area is 120 Å². The van der Waals surface area contributed by atoms with E-state index in [-0.39, 0.29) is 11.9 Å². The Morgan fingerprint density at radius 1 is 1.20 bits per heavy atom. The van der Waals surface area contributed by atoms with Crippen LogP contribution in [0.5, 0.6) is 0 Å². The summed E-state index contributed by atoms with van der Waals surface area (Å²) in [7, 11) is 3.33. The SMILES string of the molecule is CC(NC(=O)NCCCc1ccccc1)C(=O)N(C)C. The maximum absolute atomic E-state index is 11.6. The highest BCUT2D eigenvalue weighted by molar-refractivity contribution is 5.86. The molecule has 0 spiro atoms. The molecule has 3 amide bonds. The molecule has 5 heteroatoms. The normalized spacial score (nSPS) is 11.6. The fraction of sp³-hybridized carbons (Fsp3) is 0.467. The molecular formula is C15H23N3O2. The van der Waals surface area contributed by atoms with Gasteiger partial charge in [0.15, 0.2) is 0 Å². The van der Waals surface area contributed by atoms with Gasteiger partial charge in [0.05, 0.1) is 0 Å². The molecule has 1 rings (SSSR count). The van der Waals surface area contributed by atoms with Crippen LogP contribution in [0.1, 0.15) is 18.9 Å².